The van der Waals surface area contributed by atoms with Crippen LogP contribution in [0.2, 0.25) is 0 Å². The Bertz CT molecular complexity index is 569. The Hall–Kier alpha value is -1.20. The summed E-state index contributed by atoms with van der Waals surface area (Å²) in [5.41, 5.74) is 0. The molecular weight excluding hydrogens is 214 g/mol. The predicted molar refractivity (Wildman–Crippen MR) is 56.3 cm³/mol. The molecule has 5 heteroatoms. The van der Waals surface area contributed by atoms with Crippen molar-refractivity contribution in [3.63, 3.8) is 0 Å². The molecule has 1 aliphatic heterocycles. The largest absolute Gasteiger partial charge is 0.294 e. The van der Waals surface area contributed by atoms with Crippen LogP contribution in [0.25, 0.3) is 6.08 Å². The molecule has 15 heavy (non-hydrogen) atoms. The average molecular weight is 225 g/mol. The lowest BCUT2D eigenvalue weighted by molar-refractivity contribution is 0.450. The number of hydrogen-bond donors (Lipinski definition) is 1. The zero-order chi connectivity index (χ0) is 11.1. The minimum Gasteiger partial charge on any atom is -0.283 e. The van der Waals surface area contributed by atoms with E-state index >= 15 is 0 Å². The van der Waals surface area contributed by atoms with Crippen LogP contribution < -0.4 is 10.6 Å². The summed E-state index contributed by atoms with van der Waals surface area (Å²) in [6.07, 6.45) is 1.72. The average Bonchev–Trinajstić information content (AvgIpc) is 2.56. The molecule has 1 aromatic rings. The van der Waals surface area contributed by atoms with Crippen LogP contribution >= 0.6 is 0 Å². The molecule has 1 unspecified atom stereocenters. The van der Waals surface area contributed by atoms with Crippen molar-refractivity contribution in [3.8, 4) is 0 Å². The predicted octanol–water partition coefficient (Wildman–Crippen LogP) is 0.0944. The van der Waals surface area contributed by atoms with Crippen molar-refractivity contribution in [2.24, 2.45) is 4.99 Å². The Labute approximate surface area is 87.7 Å². The first kappa shape index (κ1) is 10.3. The van der Waals surface area contributed by atoms with Gasteiger partial charge in [0.15, 0.2) is 0 Å². The van der Waals surface area contributed by atoms with Crippen molar-refractivity contribution in [2.45, 2.75) is 18.2 Å². The summed E-state index contributed by atoms with van der Waals surface area (Å²) in [6, 6.07) is 7.10. The van der Waals surface area contributed by atoms with E-state index < -0.39 is 15.0 Å². The quantitative estimate of drug-likeness (QED) is 0.726. The monoisotopic (exact) mass is 225 g/mol. The normalized spacial score (nSPS) is 24.1. The Morgan fingerprint density at radius 3 is 2.60 bits per heavy atom. The van der Waals surface area contributed by atoms with Crippen LogP contribution in [0.1, 0.15) is 13.3 Å². The SMILES string of the molecule is CCC1(S(=O)(=O)O)C=c2ccccc2=N1. The zero-order valence-electron chi connectivity index (χ0n) is 8.21. The molecular formula is C10H11NO3S. The Morgan fingerprint density at radius 1 is 1.40 bits per heavy atom. The van der Waals surface area contributed by atoms with Gasteiger partial charge in [0, 0.05) is 0 Å². The van der Waals surface area contributed by atoms with Crippen LogP contribution in [0, 0.1) is 0 Å². The molecule has 4 nitrogen and oxygen atoms in total. The van der Waals surface area contributed by atoms with Gasteiger partial charge >= 0.3 is 0 Å². The number of hydrogen-bond acceptors (Lipinski definition) is 3. The molecule has 0 saturated carbocycles. The maximum atomic E-state index is 11.3. The Balaban J connectivity index is 2.77. The van der Waals surface area contributed by atoms with E-state index in [9.17, 15) is 13.0 Å². The number of para-hydroxylation sites is 1. The van der Waals surface area contributed by atoms with Crippen molar-refractivity contribution in [3.05, 3.63) is 34.8 Å². The first-order chi connectivity index (χ1) is 6.98. The van der Waals surface area contributed by atoms with E-state index in [-0.39, 0.29) is 6.42 Å². The molecule has 80 valence electrons. The second-order valence-electron chi connectivity index (χ2n) is 3.49. The second kappa shape index (κ2) is 3.15. The summed E-state index contributed by atoms with van der Waals surface area (Å²) < 4.78 is 31.8. The first-order valence-electron chi connectivity index (χ1n) is 4.63. The highest BCUT2D eigenvalue weighted by Gasteiger charge is 2.40. The zero-order valence-corrected chi connectivity index (χ0v) is 9.03. The summed E-state index contributed by atoms with van der Waals surface area (Å²) >= 11 is 0. The third kappa shape index (κ3) is 1.48. The highest BCUT2D eigenvalue weighted by Crippen LogP contribution is 2.25. The first-order valence-corrected chi connectivity index (χ1v) is 6.07. The van der Waals surface area contributed by atoms with E-state index in [0.717, 1.165) is 5.22 Å². The van der Waals surface area contributed by atoms with E-state index in [4.69, 9.17) is 0 Å². The summed E-state index contributed by atoms with van der Waals surface area (Å²) in [6.45, 7) is 1.68. The van der Waals surface area contributed by atoms with Gasteiger partial charge in [0.05, 0.1) is 5.36 Å². The molecule has 0 aliphatic carbocycles. The maximum Gasteiger partial charge on any atom is 0.294 e. The Morgan fingerprint density at radius 2 is 2.07 bits per heavy atom. The molecule has 0 radical (unpaired) electrons. The highest BCUT2D eigenvalue weighted by atomic mass is 32.2. The van der Waals surface area contributed by atoms with Gasteiger partial charge in [-0.05, 0) is 23.8 Å². The summed E-state index contributed by atoms with van der Waals surface area (Å²) in [4.78, 5) is 2.59. The van der Waals surface area contributed by atoms with Gasteiger partial charge in [-0.1, -0.05) is 25.1 Å². The van der Waals surface area contributed by atoms with E-state index in [1.165, 1.54) is 6.08 Å². The highest BCUT2D eigenvalue weighted by molar-refractivity contribution is 7.87. The molecule has 1 aromatic carbocycles. The molecule has 0 amide bonds. The topological polar surface area (TPSA) is 66.7 Å². The van der Waals surface area contributed by atoms with Gasteiger partial charge in [0.1, 0.15) is 0 Å². The molecule has 0 saturated heterocycles. The fraction of sp³-hybridized carbons (Fsp3) is 0.300. The van der Waals surface area contributed by atoms with Crippen LogP contribution in [0.3, 0.4) is 0 Å². The molecule has 0 aromatic heterocycles. The smallest absolute Gasteiger partial charge is 0.283 e. The van der Waals surface area contributed by atoms with Crippen molar-refractivity contribution < 1.29 is 13.0 Å². The van der Waals surface area contributed by atoms with E-state index in [1.807, 2.05) is 0 Å². The van der Waals surface area contributed by atoms with Gasteiger partial charge in [-0.2, -0.15) is 8.42 Å². The van der Waals surface area contributed by atoms with Gasteiger partial charge in [0.2, 0.25) is 4.87 Å². The summed E-state index contributed by atoms with van der Waals surface area (Å²) in [7, 11) is -4.20. The number of fused-ring (bicyclic) bond motifs is 1. The van der Waals surface area contributed by atoms with E-state index in [2.05, 4.69) is 4.99 Å². The van der Waals surface area contributed by atoms with Crippen LogP contribution in [-0.2, 0) is 10.1 Å². The van der Waals surface area contributed by atoms with Gasteiger partial charge in [-0.15, -0.1) is 0 Å². The minimum atomic E-state index is -4.20. The molecule has 0 spiro atoms. The number of nitrogens with zero attached hydrogens (tertiary/aromatic N) is 1. The van der Waals surface area contributed by atoms with Gasteiger partial charge in [0.25, 0.3) is 10.1 Å². The summed E-state index contributed by atoms with van der Waals surface area (Å²) in [5.74, 6) is 0. The van der Waals surface area contributed by atoms with E-state index in [1.54, 1.807) is 31.2 Å². The van der Waals surface area contributed by atoms with Crippen molar-refractivity contribution in [1.82, 2.24) is 0 Å². The lowest BCUT2D eigenvalue weighted by Crippen LogP contribution is -2.32. The Kier molecular flexibility index (Phi) is 2.17. The summed E-state index contributed by atoms with van der Waals surface area (Å²) in [5, 5.41) is 1.36. The minimum absolute atomic E-state index is 0.223. The lowest BCUT2D eigenvalue weighted by atomic mass is 10.2. The lowest BCUT2D eigenvalue weighted by Gasteiger charge is -2.17. The standard InChI is InChI=1S/C10H11NO3S/c1-2-10(15(12,13)14)7-8-5-3-4-6-9(8)11-10/h3-7H,2H2,1H3,(H,12,13,14). The van der Waals surface area contributed by atoms with Gasteiger partial charge in [-0.25, -0.2) is 0 Å². The maximum absolute atomic E-state index is 11.3. The molecule has 0 fully saturated rings. The molecule has 1 aliphatic rings. The second-order valence-corrected chi connectivity index (χ2v) is 5.15. The van der Waals surface area contributed by atoms with E-state index in [0.29, 0.717) is 5.36 Å². The number of benzene rings is 1. The third-order valence-electron chi connectivity index (χ3n) is 2.58. The molecule has 2 rings (SSSR count). The van der Waals surface area contributed by atoms with Crippen molar-refractivity contribution >= 4 is 16.2 Å². The molecule has 1 N–H and O–H groups in total. The van der Waals surface area contributed by atoms with Crippen LogP contribution in [0.5, 0.6) is 0 Å². The van der Waals surface area contributed by atoms with Crippen molar-refractivity contribution in [1.29, 1.82) is 0 Å². The van der Waals surface area contributed by atoms with Crippen LogP contribution in [-0.4, -0.2) is 17.8 Å². The van der Waals surface area contributed by atoms with Crippen LogP contribution in [0.15, 0.2) is 29.3 Å². The fourth-order valence-corrected chi connectivity index (χ4v) is 2.54. The fourth-order valence-electron chi connectivity index (χ4n) is 1.69. The van der Waals surface area contributed by atoms with Gasteiger partial charge < -0.3 is 0 Å². The van der Waals surface area contributed by atoms with Crippen molar-refractivity contribution in [2.75, 3.05) is 0 Å². The molecule has 1 atom stereocenters. The number of rotatable bonds is 2. The molecule has 0 bridgehead atoms. The van der Waals surface area contributed by atoms with Gasteiger partial charge in [-0.3, -0.25) is 9.55 Å². The third-order valence-corrected chi connectivity index (χ3v) is 3.97. The van der Waals surface area contributed by atoms with Crippen LogP contribution in [0.4, 0.5) is 0 Å². The molecule has 1 heterocycles.